The molecule has 3 nitrogen and oxygen atoms in total. The number of unbranched alkanes of at least 4 members (excludes halogenated alkanes) is 1. The maximum absolute atomic E-state index is 5.73. The van der Waals surface area contributed by atoms with Gasteiger partial charge in [-0.05, 0) is 37.0 Å². The lowest BCUT2D eigenvalue weighted by Crippen LogP contribution is -2.06. The number of nitrogen functional groups attached to an aromatic ring is 1. The van der Waals surface area contributed by atoms with E-state index in [-0.39, 0.29) is 0 Å². The molecule has 14 heavy (non-hydrogen) atoms. The van der Waals surface area contributed by atoms with Gasteiger partial charge in [-0.3, -0.25) is 0 Å². The zero-order valence-corrected chi connectivity index (χ0v) is 9.31. The van der Waals surface area contributed by atoms with Crippen LogP contribution >= 0.6 is 11.8 Å². The minimum absolute atomic E-state index is 0.720. The lowest BCUT2D eigenvalue weighted by molar-refractivity contribution is 0.840. The van der Waals surface area contributed by atoms with Crippen molar-refractivity contribution in [1.29, 1.82) is 0 Å². The number of pyridine rings is 1. The van der Waals surface area contributed by atoms with Gasteiger partial charge in [0.2, 0.25) is 0 Å². The normalized spacial score (nSPS) is 10.1. The lowest BCUT2D eigenvalue weighted by atomic mass is 10.3. The Hall–Kier alpha value is -0.900. The van der Waals surface area contributed by atoms with Crippen molar-refractivity contribution in [3.05, 3.63) is 18.3 Å². The molecule has 4 heteroatoms. The zero-order chi connectivity index (χ0) is 10.2. The SMILES string of the molecule is CSCCCCNc1ncccc1N. The van der Waals surface area contributed by atoms with Gasteiger partial charge in [-0.25, -0.2) is 4.98 Å². The van der Waals surface area contributed by atoms with E-state index < -0.39 is 0 Å². The average molecular weight is 211 g/mol. The second kappa shape index (κ2) is 6.54. The average Bonchev–Trinajstić information content (AvgIpc) is 2.20. The number of nitrogens with one attached hydrogen (secondary N) is 1. The molecule has 0 radical (unpaired) electrons. The minimum Gasteiger partial charge on any atom is -0.396 e. The third kappa shape index (κ3) is 3.87. The smallest absolute Gasteiger partial charge is 0.149 e. The van der Waals surface area contributed by atoms with E-state index in [1.54, 1.807) is 6.20 Å². The highest BCUT2D eigenvalue weighted by atomic mass is 32.2. The van der Waals surface area contributed by atoms with Crippen LogP contribution in [0, 0.1) is 0 Å². The van der Waals surface area contributed by atoms with Gasteiger partial charge in [-0.15, -0.1) is 0 Å². The van der Waals surface area contributed by atoms with E-state index in [0.29, 0.717) is 0 Å². The Morgan fingerprint density at radius 1 is 1.50 bits per heavy atom. The molecule has 1 heterocycles. The third-order valence-electron chi connectivity index (χ3n) is 1.91. The molecule has 0 spiro atoms. The summed E-state index contributed by atoms with van der Waals surface area (Å²) < 4.78 is 0. The van der Waals surface area contributed by atoms with Crippen LogP contribution in [0.15, 0.2) is 18.3 Å². The fourth-order valence-corrected chi connectivity index (χ4v) is 1.64. The van der Waals surface area contributed by atoms with Crippen LogP contribution in [-0.4, -0.2) is 23.5 Å². The standard InChI is InChI=1S/C10H17N3S/c1-14-8-3-2-6-12-10-9(11)5-4-7-13-10/h4-5,7H,2-3,6,8,11H2,1H3,(H,12,13). The highest BCUT2D eigenvalue weighted by Gasteiger charge is 1.96. The van der Waals surface area contributed by atoms with Gasteiger partial charge in [0, 0.05) is 12.7 Å². The summed E-state index contributed by atoms with van der Waals surface area (Å²) in [5, 5.41) is 3.23. The quantitative estimate of drug-likeness (QED) is 0.708. The molecule has 0 bridgehead atoms. The fraction of sp³-hybridized carbons (Fsp3) is 0.500. The first kappa shape index (κ1) is 11.2. The number of hydrogen-bond donors (Lipinski definition) is 2. The molecule has 0 aromatic carbocycles. The van der Waals surface area contributed by atoms with Crippen molar-refractivity contribution in [3.8, 4) is 0 Å². The van der Waals surface area contributed by atoms with Crippen LogP contribution in [-0.2, 0) is 0 Å². The number of hydrogen-bond acceptors (Lipinski definition) is 4. The third-order valence-corrected chi connectivity index (χ3v) is 2.60. The van der Waals surface area contributed by atoms with E-state index in [0.717, 1.165) is 24.5 Å². The molecule has 0 unspecified atom stereocenters. The topological polar surface area (TPSA) is 50.9 Å². The van der Waals surface area contributed by atoms with E-state index in [4.69, 9.17) is 5.73 Å². The molecule has 0 aliphatic heterocycles. The molecule has 3 N–H and O–H groups in total. The van der Waals surface area contributed by atoms with Crippen LogP contribution in [0.5, 0.6) is 0 Å². The largest absolute Gasteiger partial charge is 0.396 e. The fourth-order valence-electron chi connectivity index (χ4n) is 1.14. The molecule has 0 aliphatic rings. The Morgan fingerprint density at radius 3 is 3.07 bits per heavy atom. The molecule has 0 amide bonds. The minimum atomic E-state index is 0.720. The predicted molar refractivity (Wildman–Crippen MR) is 64.8 cm³/mol. The van der Waals surface area contributed by atoms with Crippen molar-refractivity contribution in [3.63, 3.8) is 0 Å². The van der Waals surface area contributed by atoms with Crippen molar-refractivity contribution >= 4 is 23.3 Å². The van der Waals surface area contributed by atoms with Gasteiger partial charge in [-0.2, -0.15) is 11.8 Å². The molecule has 0 saturated heterocycles. The van der Waals surface area contributed by atoms with Crippen LogP contribution < -0.4 is 11.1 Å². The van der Waals surface area contributed by atoms with Gasteiger partial charge < -0.3 is 11.1 Å². The first-order valence-electron chi connectivity index (χ1n) is 4.78. The van der Waals surface area contributed by atoms with E-state index >= 15 is 0 Å². The van der Waals surface area contributed by atoms with E-state index in [1.807, 2.05) is 23.9 Å². The molecule has 0 fully saturated rings. The van der Waals surface area contributed by atoms with Gasteiger partial charge in [0.1, 0.15) is 5.82 Å². The molecular weight excluding hydrogens is 194 g/mol. The second-order valence-corrected chi connectivity index (χ2v) is 4.05. The number of nitrogens with zero attached hydrogens (tertiary/aromatic N) is 1. The van der Waals surface area contributed by atoms with Crippen molar-refractivity contribution in [2.45, 2.75) is 12.8 Å². The molecule has 0 saturated carbocycles. The number of aromatic nitrogens is 1. The maximum Gasteiger partial charge on any atom is 0.149 e. The summed E-state index contributed by atoms with van der Waals surface area (Å²) in [6, 6.07) is 3.70. The van der Waals surface area contributed by atoms with E-state index in [9.17, 15) is 0 Å². The Bertz CT molecular complexity index is 265. The van der Waals surface area contributed by atoms with Crippen molar-refractivity contribution in [1.82, 2.24) is 4.98 Å². The molecular formula is C10H17N3S. The first-order chi connectivity index (χ1) is 6.84. The van der Waals surface area contributed by atoms with Gasteiger partial charge >= 0.3 is 0 Å². The van der Waals surface area contributed by atoms with Crippen LogP contribution in [0.2, 0.25) is 0 Å². The summed E-state index contributed by atoms with van der Waals surface area (Å²) in [6.45, 7) is 0.946. The monoisotopic (exact) mass is 211 g/mol. The van der Waals surface area contributed by atoms with Crippen LogP contribution in [0.25, 0.3) is 0 Å². The Kier molecular flexibility index (Phi) is 5.22. The lowest BCUT2D eigenvalue weighted by Gasteiger charge is -2.06. The van der Waals surface area contributed by atoms with Gasteiger partial charge in [-0.1, -0.05) is 0 Å². The summed E-state index contributed by atoms with van der Waals surface area (Å²) in [5.41, 5.74) is 6.45. The van der Waals surface area contributed by atoms with Crippen molar-refractivity contribution in [2.75, 3.05) is 29.6 Å². The number of rotatable bonds is 6. The summed E-state index contributed by atoms with van der Waals surface area (Å²) in [6.07, 6.45) is 6.28. The Morgan fingerprint density at radius 2 is 2.36 bits per heavy atom. The number of thioether (sulfide) groups is 1. The van der Waals surface area contributed by atoms with Crippen LogP contribution in [0.4, 0.5) is 11.5 Å². The maximum atomic E-state index is 5.73. The molecule has 1 aromatic heterocycles. The van der Waals surface area contributed by atoms with Gasteiger partial charge in [0.25, 0.3) is 0 Å². The molecule has 78 valence electrons. The number of anilines is 2. The Balaban J connectivity index is 2.21. The highest BCUT2D eigenvalue weighted by molar-refractivity contribution is 7.98. The van der Waals surface area contributed by atoms with Gasteiger partial charge in [0.05, 0.1) is 5.69 Å². The van der Waals surface area contributed by atoms with E-state index in [1.165, 1.54) is 12.2 Å². The number of nitrogens with two attached hydrogens (primary N) is 1. The van der Waals surface area contributed by atoms with Crippen LogP contribution in [0.1, 0.15) is 12.8 Å². The van der Waals surface area contributed by atoms with Crippen molar-refractivity contribution in [2.24, 2.45) is 0 Å². The zero-order valence-electron chi connectivity index (χ0n) is 8.49. The Labute approximate surface area is 89.5 Å². The highest BCUT2D eigenvalue weighted by Crippen LogP contribution is 2.12. The molecule has 1 aromatic rings. The second-order valence-electron chi connectivity index (χ2n) is 3.07. The predicted octanol–water partition coefficient (Wildman–Crippen LogP) is 2.22. The summed E-state index contributed by atoms with van der Waals surface area (Å²) in [4.78, 5) is 4.15. The summed E-state index contributed by atoms with van der Waals surface area (Å²) >= 11 is 1.88. The summed E-state index contributed by atoms with van der Waals surface area (Å²) in [7, 11) is 0. The molecule has 1 rings (SSSR count). The van der Waals surface area contributed by atoms with Crippen molar-refractivity contribution < 1.29 is 0 Å². The van der Waals surface area contributed by atoms with E-state index in [2.05, 4.69) is 16.6 Å². The van der Waals surface area contributed by atoms with Gasteiger partial charge in [0.15, 0.2) is 0 Å². The van der Waals surface area contributed by atoms with Crippen LogP contribution in [0.3, 0.4) is 0 Å². The summed E-state index contributed by atoms with van der Waals surface area (Å²) in [5.74, 6) is 2.02. The molecule has 0 aliphatic carbocycles. The molecule has 0 atom stereocenters. The first-order valence-corrected chi connectivity index (χ1v) is 6.17.